The zero-order chi connectivity index (χ0) is 15.3. The van der Waals surface area contributed by atoms with Crippen LogP contribution in [0.2, 0.25) is 5.02 Å². The lowest BCUT2D eigenvalue weighted by molar-refractivity contribution is 0.156. The Morgan fingerprint density at radius 1 is 1.30 bits per heavy atom. The van der Waals surface area contributed by atoms with Gasteiger partial charge in [0.05, 0.1) is 4.90 Å². The van der Waals surface area contributed by atoms with Crippen LogP contribution in [-0.4, -0.2) is 32.0 Å². The molecule has 0 fully saturated rings. The van der Waals surface area contributed by atoms with Gasteiger partial charge in [-0.1, -0.05) is 18.5 Å². The quantitative estimate of drug-likeness (QED) is 0.813. The molecule has 8 heteroatoms. The maximum Gasteiger partial charge on any atom is 0.343 e. The van der Waals surface area contributed by atoms with Gasteiger partial charge in [-0.3, -0.25) is 5.43 Å². The Hall–Kier alpha value is -1.31. The summed E-state index contributed by atoms with van der Waals surface area (Å²) in [4.78, 5) is 11.7. The fourth-order valence-corrected chi connectivity index (χ4v) is 2.55. The average Bonchev–Trinajstić information content (AvgIpc) is 2.35. The van der Waals surface area contributed by atoms with Gasteiger partial charge in [-0.15, -0.1) is 0 Å². The molecule has 0 atom stereocenters. The molecule has 0 aliphatic rings. The molecule has 6 nitrogen and oxygen atoms in total. The van der Waals surface area contributed by atoms with Crippen molar-refractivity contribution >= 4 is 27.7 Å². The fraction of sp³-hybridized carbons (Fsp3) is 0.417. The van der Waals surface area contributed by atoms with Crippen LogP contribution >= 0.6 is 11.6 Å². The highest BCUT2D eigenvalue weighted by molar-refractivity contribution is 7.90. The highest BCUT2D eigenvalue weighted by atomic mass is 35.5. The molecule has 0 saturated heterocycles. The molecule has 0 aliphatic heterocycles. The molecular weight excluding hydrogens is 302 g/mol. The molecule has 112 valence electrons. The van der Waals surface area contributed by atoms with Crippen molar-refractivity contribution in [1.82, 2.24) is 15.2 Å². The summed E-state index contributed by atoms with van der Waals surface area (Å²) in [6, 6.07) is 4.82. The van der Waals surface area contributed by atoms with Crippen molar-refractivity contribution in [3.8, 4) is 0 Å². The lowest BCUT2D eigenvalue weighted by Gasteiger charge is -2.25. The molecule has 2 amide bonds. The Bertz CT molecular complexity index is 558. The third-order valence-electron chi connectivity index (χ3n) is 2.56. The van der Waals surface area contributed by atoms with Gasteiger partial charge >= 0.3 is 6.03 Å². The average molecular weight is 320 g/mol. The van der Waals surface area contributed by atoms with Gasteiger partial charge in [-0.05, 0) is 38.1 Å². The number of hydrazine groups is 1. The van der Waals surface area contributed by atoms with Crippen molar-refractivity contribution in [2.24, 2.45) is 0 Å². The number of hydrogen-bond acceptors (Lipinski definition) is 4. The highest BCUT2D eigenvalue weighted by Gasteiger charge is 2.19. The van der Waals surface area contributed by atoms with E-state index in [1.807, 2.05) is 25.5 Å². The number of urea groups is 1. The summed E-state index contributed by atoms with van der Waals surface area (Å²) in [5.74, 6) is 0. The third kappa shape index (κ3) is 4.66. The van der Waals surface area contributed by atoms with Crippen molar-refractivity contribution in [1.29, 1.82) is 0 Å². The van der Waals surface area contributed by atoms with E-state index >= 15 is 0 Å². The summed E-state index contributed by atoms with van der Waals surface area (Å²) in [5.41, 5.74) is 2.48. The second-order valence-electron chi connectivity index (χ2n) is 4.38. The number of rotatable bonds is 5. The predicted octanol–water partition coefficient (Wildman–Crippen LogP) is 1.97. The molecule has 0 radical (unpaired) electrons. The fourth-order valence-electron chi connectivity index (χ4n) is 1.52. The van der Waals surface area contributed by atoms with Crippen LogP contribution in [0.5, 0.6) is 0 Å². The Balaban J connectivity index is 2.76. The number of carbonyl (C=O) groups is 1. The predicted molar refractivity (Wildman–Crippen MR) is 77.8 cm³/mol. The van der Waals surface area contributed by atoms with Crippen molar-refractivity contribution in [3.63, 3.8) is 0 Å². The van der Waals surface area contributed by atoms with Gasteiger partial charge in [0.15, 0.2) is 0 Å². The number of amides is 2. The second-order valence-corrected chi connectivity index (χ2v) is 6.50. The molecule has 2 N–H and O–H groups in total. The van der Waals surface area contributed by atoms with Crippen LogP contribution in [0.4, 0.5) is 4.79 Å². The van der Waals surface area contributed by atoms with Crippen LogP contribution in [0.3, 0.4) is 0 Å². The molecule has 0 spiro atoms. The summed E-state index contributed by atoms with van der Waals surface area (Å²) in [5, 5.41) is 2.04. The molecule has 0 aliphatic carbocycles. The van der Waals surface area contributed by atoms with E-state index in [0.29, 0.717) is 11.6 Å². The van der Waals surface area contributed by atoms with E-state index in [0.717, 1.165) is 0 Å². The molecule has 1 rings (SSSR count). The summed E-state index contributed by atoms with van der Waals surface area (Å²) < 4.78 is 25.9. The van der Waals surface area contributed by atoms with Crippen molar-refractivity contribution in [2.75, 3.05) is 6.54 Å². The monoisotopic (exact) mass is 319 g/mol. The van der Waals surface area contributed by atoms with Gasteiger partial charge in [-0.25, -0.2) is 22.9 Å². The minimum atomic E-state index is -3.90. The zero-order valence-electron chi connectivity index (χ0n) is 11.6. The van der Waals surface area contributed by atoms with Crippen molar-refractivity contribution < 1.29 is 13.2 Å². The number of nitrogens with one attached hydrogen (secondary N) is 2. The number of benzene rings is 1. The van der Waals surface area contributed by atoms with E-state index in [2.05, 4.69) is 5.43 Å². The van der Waals surface area contributed by atoms with Gasteiger partial charge in [0.1, 0.15) is 0 Å². The number of sulfonamides is 1. The normalized spacial score (nSPS) is 11.7. The molecule has 20 heavy (non-hydrogen) atoms. The summed E-state index contributed by atoms with van der Waals surface area (Å²) >= 11 is 5.69. The van der Waals surface area contributed by atoms with Crippen molar-refractivity contribution in [2.45, 2.75) is 31.7 Å². The van der Waals surface area contributed by atoms with Crippen molar-refractivity contribution in [3.05, 3.63) is 29.3 Å². The number of nitrogens with zero attached hydrogens (tertiary/aromatic N) is 1. The first-order valence-electron chi connectivity index (χ1n) is 6.12. The molecule has 0 unspecified atom stereocenters. The van der Waals surface area contributed by atoms with E-state index in [9.17, 15) is 13.2 Å². The summed E-state index contributed by atoms with van der Waals surface area (Å²) in [7, 11) is -3.90. The van der Waals surface area contributed by atoms with Gasteiger partial charge in [0.25, 0.3) is 10.0 Å². The molecule has 0 saturated carbocycles. The molecule has 0 heterocycles. The first-order valence-corrected chi connectivity index (χ1v) is 7.98. The van der Waals surface area contributed by atoms with Crippen LogP contribution in [0.1, 0.15) is 20.8 Å². The number of hydrogen-bond donors (Lipinski definition) is 2. The lowest BCUT2D eigenvalue weighted by atomic mass is 10.4. The smallest absolute Gasteiger partial charge is 0.270 e. The lowest BCUT2D eigenvalue weighted by Crippen LogP contribution is -2.51. The van der Waals surface area contributed by atoms with E-state index in [1.165, 1.54) is 24.3 Å². The molecular formula is C12H18ClN3O3S. The van der Waals surface area contributed by atoms with E-state index in [1.54, 1.807) is 5.01 Å². The Morgan fingerprint density at radius 3 is 2.30 bits per heavy atom. The standard InChI is InChI=1S/C12H18ClN3O3S/c1-4-16(9(2)3)14-12(17)15-20(18,19)11-7-5-10(13)6-8-11/h5-9H,4H2,1-3H3,(H2,14,15,17). The number of halogens is 1. The number of carbonyl (C=O) groups excluding carboxylic acids is 1. The minimum Gasteiger partial charge on any atom is -0.270 e. The van der Waals surface area contributed by atoms with Crippen LogP contribution in [0, 0.1) is 0 Å². The van der Waals surface area contributed by atoms with E-state index in [-0.39, 0.29) is 10.9 Å². The maximum atomic E-state index is 12.0. The van der Waals surface area contributed by atoms with Gasteiger partial charge in [0, 0.05) is 17.6 Å². The third-order valence-corrected chi connectivity index (χ3v) is 4.16. The molecule has 1 aromatic carbocycles. The van der Waals surface area contributed by atoms with Gasteiger partial charge in [-0.2, -0.15) is 0 Å². The topological polar surface area (TPSA) is 78.5 Å². The SMILES string of the molecule is CCN(NC(=O)NS(=O)(=O)c1ccc(Cl)cc1)C(C)C. The van der Waals surface area contributed by atoms with Crippen LogP contribution in [0.25, 0.3) is 0 Å². The minimum absolute atomic E-state index is 0.0235. The summed E-state index contributed by atoms with van der Waals surface area (Å²) in [6.07, 6.45) is 0. The Kier molecular flexibility index (Phi) is 5.79. The van der Waals surface area contributed by atoms with Crippen LogP contribution in [-0.2, 0) is 10.0 Å². The molecule has 1 aromatic rings. The zero-order valence-corrected chi connectivity index (χ0v) is 13.1. The molecule has 0 aromatic heterocycles. The van der Waals surface area contributed by atoms with E-state index < -0.39 is 16.1 Å². The largest absolute Gasteiger partial charge is 0.343 e. The first kappa shape index (κ1) is 16.7. The summed E-state index contributed by atoms with van der Waals surface area (Å²) in [6.45, 7) is 6.19. The van der Waals surface area contributed by atoms with Crippen LogP contribution in [0.15, 0.2) is 29.2 Å². The van der Waals surface area contributed by atoms with Crippen LogP contribution < -0.4 is 10.1 Å². The first-order chi connectivity index (χ1) is 9.26. The maximum absolute atomic E-state index is 12.0. The van der Waals surface area contributed by atoms with E-state index in [4.69, 9.17) is 11.6 Å². The Morgan fingerprint density at radius 2 is 1.85 bits per heavy atom. The molecule has 0 bridgehead atoms. The van der Waals surface area contributed by atoms with Gasteiger partial charge in [0.2, 0.25) is 0 Å². The second kappa shape index (κ2) is 6.92. The highest BCUT2D eigenvalue weighted by Crippen LogP contribution is 2.13. The van der Waals surface area contributed by atoms with Gasteiger partial charge < -0.3 is 0 Å². The Labute approximate surface area is 124 Å².